The molecule has 0 aromatic carbocycles. The van der Waals surface area contributed by atoms with Crippen molar-refractivity contribution in [1.82, 2.24) is 10.3 Å². The molecular formula is C13H21N3O2. The Hall–Kier alpha value is -1.49. The highest BCUT2D eigenvalue weighted by atomic mass is 16.6. The molecule has 1 rings (SSSR count). The molecule has 2 unspecified atom stereocenters. The Morgan fingerprint density at radius 2 is 2.17 bits per heavy atom. The second-order valence-corrected chi connectivity index (χ2v) is 4.51. The van der Waals surface area contributed by atoms with E-state index in [1.165, 1.54) is 6.20 Å². The molecule has 0 fully saturated rings. The van der Waals surface area contributed by atoms with Gasteiger partial charge in [-0.05, 0) is 25.5 Å². The van der Waals surface area contributed by atoms with Crippen molar-refractivity contribution in [2.75, 3.05) is 6.54 Å². The first kappa shape index (κ1) is 14.6. The highest BCUT2D eigenvalue weighted by Gasteiger charge is 2.20. The van der Waals surface area contributed by atoms with E-state index in [1.807, 2.05) is 6.92 Å². The van der Waals surface area contributed by atoms with Crippen LogP contribution in [0.4, 0.5) is 5.69 Å². The summed E-state index contributed by atoms with van der Waals surface area (Å²) in [6.45, 7) is 9.10. The molecule has 18 heavy (non-hydrogen) atoms. The number of likely N-dealkylation sites (N-methyl/N-ethyl adjacent to an activating group) is 1. The van der Waals surface area contributed by atoms with Gasteiger partial charge in [-0.1, -0.05) is 20.8 Å². The Morgan fingerprint density at radius 3 is 2.61 bits per heavy atom. The van der Waals surface area contributed by atoms with Gasteiger partial charge in [-0.3, -0.25) is 15.1 Å². The summed E-state index contributed by atoms with van der Waals surface area (Å²) in [7, 11) is 0. The normalized spacial score (nSPS) is 14.2. The van der Waals surface area contributed by atoms with E-state index in [0.29, 0.717) is 6.04 Å². The molecule has 1 N–H and O–H groups in total. The fraction of sp³-hybridized carbons (Fsp3) is 0.615. The minimum absolute atomic E-state index is 0.0555. The monoisotopic (exact) mass is 251 g/mol. The van der Waals surface area contributed by atoms with E-state index in [4.69, 9.17) is 0 Å². The molecule has 5 nitrogen and oxygen atoms in total. The molecule has 0 aliphatic rings. The molecule has 100 valence electrons. The third kappa shape index (κ3) is 3.26. The first-order valence-electron chi connectivity index (χ1n) is 6.35. The lowest BCUT2D eigenvalue weighted by molar-refractivity contribution is -0.385. The lowest BCUT2D eigenvalue weighted by Crippen LogP contribution is -2.33. The Balaban J connectivity index is 2.98. The Kier molecular flexibility index (Phi) is 5.22. The zero-order valence-electron chi connectivity index (χ0n) is 11.4. The van der Waals surface area contributed by atoms with Gasteiger partial charge in [0.1, 0.15) is 6.20 Å². The van der Waals surface area contributed by atoms with Gasteiger partial charge in [-0.15, -0.1) is 0 Å². The summed E-state index contributed by atoms with van der Waals surface area (Å²) in [5.74, 6) is 0.246. The number of hydrogen-bond acceptors (Lipinski definition) is 4. The van der Waals surface area contributed by atoms with E-state index in [1.54, 1.807) is 6.07 Å². The molecular weight excluding hydrogens is 230 g/mol. The summed E-state index contributed by atoms with van der Waals surface area (Å²) in [5.41, 5.74) is 1.88. The maximum absolute atomic E-state index is 10.7. The standard InChI is InChI=1S/C13H21N3O2/c1-5-12(14-6-2)10(4)13-9(3)7-11(8-15-13)16(17)18/h7-8,10,12,14H,5-6H2,1-4H3. The van der Waals surface area contributed by atoms with Gasteiger partial charge in [-0.25, -0.2) is 0 Å². The first-order valence-corrected chi connectivity index (χ1v) is 6.35. The first-order chi connectivity index (χ1) is 8.51. The van der Waals surface area contributed by atoms with E-state index in [0.717, 1.165) is 24.2 Å². The van der Waals surface area contributed by atoms with Crippen LogP contribution < -0.4 is 5.32 Å². The van der Waals surface area contributed by atoms with Crippen LogP contribution in [0.15, 0.2) is 12.3 Å². The minimum atomic E-state index is -0.407. The summed E-state index contributed by atoms with van der Waals surface area (Å²) in [5, 5.41) is 14.1. The Bertz CT molecular complexity index is 421. The van der Waals surface area contributed by atoms with Crippen molar-refractivity contribution in [1.29, 1.82) is 0 Å². The van der Waals surface area contributed by atoms with Crippen LogP contribution in [-0.4, -0.2) is 22.5 Å². The van der Waals surface area contributed by atoms with E-state index in [9.17, 15) is 10.1 Å². The number of aryl methyl sites for hydroxylation is 1. The molecule has 1 aromatic rings. The Morgan fingerprint density at radius 1 is 1.50 bits per heavy atom. The van der Waals surface area contributed by atoms with Crippen molar-refractivity contribution in [3.8, 4) is 0 Å². The second kappa shape index (κ2) is 6.44. The van der Waals surface area contributed by atoms with Crippen LogP contribution in [-0.2, 0) is 0 Å². The smallest absolute Gasteiger partial charge is 0.287 e. The number of hydrogen-bond donors (Lipinski definition) is 1. The van der Waals surface area contributed by atoms with Gasteiger partial charge in [0.15, 0.2) is 0 Å². The van der Waals surface area contributed by atoms with Crippen LogP contribution in [0.5, 0.6) is 0 Å². The number of nitrogens with zero attached hydrogens (tertiary/aromatic N) is 2. The van der Waals surface area contributed by atoms with Gasteiger partial charge in [0.2, 0.25) is 0 Å². The molecule has 1 aromatic heterocycles. The summed E-state index contributed by atoms with van der Waals surface area (Å²) in [4.78, 5) is 14.5. The zero-order valence-corrected chi connectivity index (χ0v) is 11.4. The highest BCUT2D eigenvalue weighted by Crippen LogP contribution is 2.24. The number of nitrogens with one attached hydrogen (secondary N) is 1. The molecule has 5 heteroatoms. The fourth-order valence-electron chi connectivity index (χ4n) is 2.27. The predicted octanol–water partition coefficient (Wildman–Crippen LogP) is 2.79. The van der Waals surface area contributed by atoms with Crippen LogP contribution in [0.25, 0.3) is 0 Å². The van der Waals surface area contributed by atoms with Gasteiger partial charge < -0.3 is 5.32 Å². The molecule has 0 spiro atoms. The lowest BCUT2D eigenvalue weighted by atomic mass is 9.93. The zero-order chi connectivity index (χ0) is 13.7. The largest absolute Gasteiger partial charge is 0.314 e. The van der Waals surface area contributed by atoms with Gasteiger partial charge in [0, 0.05) is 23.7 Å². The summed E-state index contributed by atoms with van der Waals surface area (Å²) in [6.07, 6.45) is 2.35. The van der Waals surface area contributed by atoms with Crippen LogP contribution in [0.3, 0.4) is 0 Å². The third-order valence-corrected chi connectivity index (χ3v) is 3.26. The third-order valence-electron chi connectivity index (χ3n) is 3.26. The van der Waals surface area contributed by atoms with Crippen molar-refractivity contribution in [2.24, 2.45) is 0 Å². The van der Waals surface area contributed by atoms with Crippen LogP contribution in [0, 0.1) is 17.0 Å². The van der Waals surface area contributed by atoms with Crippen LogP contribution in [0.2, 0.25) is 0 Å². The van der Waals surface area contributed by atoms with Crippen molar-refractivity contribution >= 4 is 5.69 Å². The highest BCUT2D eigenvalue weighted by molar-refractivity contribution is 5.35. The molecule has 2 atom stereocenters. The van der Waals surface area contributed by atoms with Gasteiger partial charge in [-0.2, -0.15) is 0 Å². The minimum Gasteiger partial charge on any atom is -0.314 e. The van der Waals surface area contributed by atoms with Crippen molar-refractivity contribution < 1.29 is 4.92 Å². The van der Waals surface area contributed by atoms with E-state index >= 15 is 0 Å². The van der Waals surface area contributed by atoms with E-state index in [2.05, 4.69) is 31.1 Å². The molecule has 0 radical (unpaired) electrons. The van der Waals surface area contributed by atoms with Crippen molar-refractivity contribution in [3.05, 3.63) is 33.6 Å². The van der Waals surface area contributed by atoms with Crippen molar-refractivity contribution in [2.45, 2.75) is 46.1 Å². The quantitative estimate of drug-likeness (QED) is 0.623. The second-order valence-electron chi connectivity index (χ2n) is 4.51. The van der Waals surface area contributed by atoms with Crippen LogP contribution in [0.1, 0.15) is 44.4 Å². The number of pyridine rings is 1. The maximum Gasteiger partial charge on any atom is 0.287 e. The Labute approximate surface area is 108 Å². The summed E-state index contributed by atoms with van der Waals surface area (Å²) < 4.78 is 0. The van der Waals surface area contributed by atoms with Gasteiger partial charge in [0.25, 0.3) is 5.69 Å². The molecule has 0 amide bonds. The molecule has 1 heterocycles. The summed E-state index contributed by atoms with van der Waals surface area (Å²) in [6, 6.07) is 1.94. The average Bonchev–Trinajstić information content (AvgIpc) is 2.34. The van der Waals surface area contributed by atoms with Gasteiger partial charge in [0.05, 0.1) is 4.92 Å². The van der Waals surface area contributed by atoms with E-state index < -0.39 is 4.92 Å². The molecule has 0 bridgehead atoms. The number of aromatic nitrogens is 1. The van der Waals surface area contributed by atoms with Gasteiger partial charge >= 0.3 is 0 Å². The molecule has 0 saturated carbocycles. The number of nitro groups is 1. The van der Waals surface area contributed by atoms with E-state index in [-0.39, 0.29) is 11.6 Å². The molecule has 0 aliphatic heterocycles. The maximum atomic E-state index is 10.7. The SMILES string of the molecule is CCNC(CC)C(C)c1ncc([N+](=O)[O-])cc1C. The average molecular weight is 251 g/mol. The van der Waals surface area contributed by atoms with Crippen LogP contribution >= 0.6 is 0 Å². The van der Waals surface area contributed by atoms with Crippen molar-refractivity contribution in [3.63, 3.8) is 0 Å². The molecule has 0 aliphatic carbocycles. The molecule has 0 saturated heterocycles. The fourth-order valence-corrected chi connectivity index (χ4v) is 2.27. The predicted molar refractivity (Wildman–Crippen MR) is 71.8 cm³/mol. The lowest BCUT2D eigenvalue weighted by Gasteiger charge is -2.24. The number of rotatable bonds is 6. The topological polar surface area (TPSA) is 68.1 Å². The summed E-state index contributed by atoms with van der Waals surface area (Å²) >= 11 is 0.